The number of esters is 1. The van der Waals surface area contributed by atoms with E-state index in [2.05, 4.69) is 43.9 Å². The fourth-order valence-electron chi connectivity index (χ4n) is 3.76. The second kappa shape index (κ2) is 9.14. The van der Waals surface area contributed by atoms with Gasteiger partial charge in [-0.3, -0.25) is 9.59 Å². The molecule has 4 heteroatoms. The molecule has 136 valence electrons. The van der Waals surface area contributed by atoms with Crippen molar-refractivity contribution in [3.8, 4) is 0 Å². The van der Waals surface area contributed by atoms with E-state index in [-0.39, 0.29) is 11.9 Å². The van der Waals surface area contributed by atoms with Crippen LogP contribution in [0, 0.1) is 5.92 Å². The Bertz CT molecular complexity index is 594. The number of cyclic esters (lactones) is 1. The van der Waals surface area contributed by atoms with Crippen LogP contribution in [0.4, 0.5) is 0 Å². The summed E-state index contributed by atoms with van der Waals surface area (Å²) >= 11 is 0. The first-order valence-electron chi connectivity index (χ1n) is 9.31. The zero-order valence-electron chi connectivity index (χ0n) is 15.5. The standard InChI is InChI=1S/C21H30O3Si/c1-4-5-7-11-17(22)12-10-15-19-20(16-24-21(19)23)25(2,3)18-13-8-6-9-14-18/h4,6,8-9,13-14,19-20H,1,5,7,10-12,15-16H2,2-3H3. The second-order valence-corrected chi connectivity index (χ2v) is 12.3. The number of carbonyl (C=O) groups is 2. The summed E-state index contributed by atoms with van der Waals surface area (Å²) < 4.78 is 5.42. The number of allylic oxidation sites excluding steroid dienone is 1. The fraction of sp³-hybridized carbons (Fsp3) is 0.524. The summed E-state index contributed by atoms with van der Waals surface area (Å²) in [5.41, 5.74) is 0.290. The van der Waals surface area contributed by atoms with Crippen LogP contribution in [0.1, 0.15) is 38.5 Å². The molecule has 0 radical (unpaired) electrons. The van der Waals surface area contributed by atoms with Crippen molar-refractivity contribution >= 4 is 25.0 Å². The van der Waals surface area contributed by atoms with Crippen LogP contribution < -0.4 is 5.19 Å². The molecule has 0 aromatic heterocycles. The van der Waals surface area contributed by atoms with Gasteiger partial charge in [-0.2, -0.15) is 0 Å². The van der Waals surface area contributed by atoms with E-state index in [1.165, 1.54) is 5.19 Å². The third-order valence-electron chi connectivity index (χ3n) is 5.47. The molecule has 1 aliphatic heterocycles. The van der Waals surface area contributed by atoms with Crippen LogP contribution in [0.15, 0.2) is 43.0 Å². The van der Waals surface area contributed by atoms with Gasteiger partial charge in [0.1, 0.15) is 5.78 Å². The Kier molecular flexibility index (Phi) is 7.18. The first kappa shape index (κ1) is 19.6. The van der Waals surface area contributed by atoms with Crippen molar-refractivity contribution < 1.29 is 14.3 Å². The zero-order valence-corrected chi connectivity index (χ0v) is 16.5. The first-order chi connectivity index (χ1) is 12.0. The van der Waals surface area contributed by atoms with E-state index in [1.807, 2.05) is 12.1 Å². The molecule has 0 bridgehead atoms. The van der Waals surface area contributed by atoms with E-state index in [9.17, 15) is 9.59 Å². The number of hydrogen-bond donors (Lipinski definition) is 0. The molecule has 1 heterocycles. The van der Waals surface area contributed by atoms with Crippen LogP contribution in [0.5, 0.6) is 0 Å². The normalized spacial score (nSPS) is 20.3. The summed E-state index contributed by atoms with van der Waals surface area (Å²) in [6.07, 6.45) is 6.35. The number of benzene rings is 1. The van der Waals surface area contributed by atoms with E-state index < -0.39 is 8.07 Å². The molecule has 1 aromatic carbocycles. The second-order valence-electron chi connectivity index (χ2n) is 7.54. The smallest absolute Gasteiger partial charge is 0.309 e. The predicted molar refractivity (Wildman–Crippen MR) is 105 cm³/mol. The molecule has 0 aliphatic carbocycles. The number of Topliss-reactive ketones (excluding diaryl/α,β-unsaturated/α-hetero) is 1. The molecule has 1 saturated heterocycles. The largest absolute Gasteiger partial charge is 0.465 e. The lowest BCUT2D eigenvalue weighted by Crippen LogP contribution is -2.48. The van der Waals surface area contributed by atoms with Gasteiger partial charge in [-0.25, -0.2) is 0 Å². The Morgan fingerprint density at radius 2 is 1.92 bits per heavy atom. The minimum atomic E-state index is -1.80. The van der Waals surface area contributed by atoms with Crippen LogP contribution >= 0.6 is 0 Å². The lowest BCUT2D eigenvalue weighted by Gasteiger charge is -2.31. The topological polar surface area (TPSA) is 43.4 Å². The Labute approximate surface area is 152 Å². The molecule has 1 fully saturated rings. The van der Waals surface area contributed by atoms with Crippen molar-refractivity contribution in [2.75, 3.05) is 6.61 Å². The quantitative estimate of drug-likeness (QED) is 0.272. The molecule has 1 aliphatic rings. The van der Waals surface area contributed by atoms with Crippen LogP contribution in [0.2, 0.25) is 18.6 Å². The third kappa shape index (κ3) is 5.14. The summed E-state index contributed by atoms with van der Waals surface area (Å²) in [4.78, 5) is 24.2. The lowest BCUT2D eigenvalue weighted by molar-refractivity contribution is -0.141. The molecule has 1 aromatic rings. The SMILES string of the molecule is C=CCCCC(=O)CCCC1C(=O)OCC1[Si](C)(C)c1ccccc1. The molecule has 0 N–H and O–H groups in total. The maximum atomic E-state index is 12.3. The number of ketones is 1. The molecule has 2 rings (SSSR count). The van der Waals surface area contributed by atoms with E-state index in [0.717, 1.165) is 25.7 Å². The molecule has 0 saturated carbocycles. The molecule has 2 unspecified atom stereocenters. The molecular formula is C21H30O3Si. The minimum Gasteiger partial charge on any atom is -0.465 e. The summed E-state index contributed by atoms with van der Waals surface area (Å²) in [7, 11) is -1.80. The van der Waals surface area contributed by atoms with Crippen LogP contribution in [-0.4, -0.2) is 26.4 Å². The van der Waals surface area contributed by atoms with E-state index >= 15 is 0 Å². The highest BCUT2D eigenvalue weighted by Gasteiger charge is 2.46. The van der Waals surface area contributed by atoms with Crippen LogP contribution in [0.25, 0.3) is 0 Å². The number of rotatable bonds is 10. The average Bonchev–Trinajstić information content (AvgIpc) is 2.97. The van der Waals surface area contributed by atoms with Gasteiger partial charge in [-0.15, -0.1) is 6.58 Å². The summed E-state index contributed by atoms with van der Waals surface area (Å²) in [5.74, 6) is 0.174. The zero-order chi connectivity index (χ0) is 18.3. The van der Waals surface area contributed by atoms with Crippen LogP contribution in [-0.2, 0) is 14.3 Å². The molecule has 3 nitrogen and oxygen atoms in total. The van der Waals surface area contributed by atoms with Crippen molar-refractivity contribution in [2.45, 2.75) is 57.2 Å². The van der Waals surface area contributed by atoms with Gasteiger partial charge in [0.15, 0.2) is 0 Å². The molecule has 2 atom stereocenters. The Balaban J connectivity index is 1.93. The Morgan fingerprint density at radius 1 is 1.24 bits per heavy atom. The summed E-state index contributed by atoms with van der Waals surface area (Å²) in [6.45, 7) is 8.85. The van der Waals surface area contributed by atoms with Crippen molar-refractivity contribution in [1.29, 1.82) is 0 Å². The monoisotopic (exact) mass is 358 g/mol. The van der Waals surface area contributed by atoms with Crippen molar-refractivity contribution in [3.63, 3.8) is 0 Å². The lowest BCUT2D eigenvalue weighted by atomic mass is 9.98. The molecule has 0 spiro atoms. The van der Waals surface area contributed by atoms with Crippen molar-refractivity contribution in [2.24, 2.45) is 5.92 Å². The molecule has 0 amide bonds. The summed E-state index contributed by atoms with van der Waals surface area (Å²) in [6, 6.07) is 10.5. The average molecular weight is 359 g/mol. The van der Waals surface area contributed by atoms with Gasteiger partial charge in [-0.1, -0.05) is 54.7 Å². The fourth-order valence-corrected chi connectivity index (χ4v) is 7.05. The summed E-state index contributed by atoms with van der Waals surface area (Å²) in [5, 5.41) is 1.36. The number of hydrogen-bond acceptors (Lipinski definition) is 3. The maximum Gasteiger partial charge on any atom is 0.309 e. The minimum absolute atomic E-state index is 0.0529. The van der Waals surface area contributed by atoms with Gasteiger partial charge in [-0.05, 0) is 25.7 Å². The van der Waals surface area contributed by atoms with E-state index in [0.29, 0.717) is 30.8 Å². The Hall–Kier alpha value is -1.68. The van der Waals surface area contributed by atoms with Crippen LogP contribution in [0.3, 0.4) is 0 Å². The van der Waals surface area contributed by atoms with E-state index in [4.69, 9.17) is 4.74 Å². The highest BCUT2D eigenvalue weighted by molar-refractivity contribution is 6.91. The van der Waals surface area contributed by atoms with Gasteiger partial charge in [0.05, 0.1) is 20.6 Å². The number of unbranched alkanes of at least 4 members (excludes halogenated alkanes) is 1. The highest BCUT2D eigenvalue weighted by atomic mass is 28.3. The molecule has 25 heavy (non-hydrogen) atoms. The van der Waals surface area contributed by atoms with Gasteiger partial charge in [0.2, 0.25) is 0 Å². The highest BCUT2D eigenvalue weighted by Crippen LogP contribution is 2.39. The predicted octanol–water partition coefficient (Wildman–Crippen LogP) is 4.24. The first-order valence-corrected chi connectivity index (χ1v) is 12.4. The Morgan fingerprint density at radius 3 is 2.60 bits per heavy atom. The van der Waals surface area contributed by atoms with Crippen molar-refractivity contribution in [1.82, 2.24) is 0 Å². The molecular weight excluding hydrogens is 328 g/mol. The number of carbonyl (C=O) groups excluding carboxylic acids is 2. The van der Waals surface area contributed by atoms with E-state index in [1.54, 1.807) is 0 Å². The number of ether oxygens (including phenoxy) is 1. The van der Waals surface area contributed by atoms with Gasteiger partial charge in [0.25, 0.3) is 0 Å². The van der Waals surface area contributed by atoms with Crippen molar-refractivity contribution in [3.05, 3.63) is 43.0 Å². The van der Waals surface area contributed by atoms with Gasteiger partial charge in [0, 0.05) is 18.4 Å². The van der Waals surface area contributed by atoms with Gasteiger partial charge >= 0.3 is 5.97 Å². The maximum absolute atomic E-state index is 12.3. The van der Waals surface area contributed by atoms with Gasteiger partial charge < -0.3 is 4.74 Å². The third-order valence-corrected chi connectivity index (χ3v) is 9.72.